The molecule has 5 N–H and O–H groups in total. The molecule has 7 rings (SSSR count). The van der Waals surface area contributed by atoms with Gasteiger partial charge in [0.2, 0.25) is 0 Å². The third-order valence-electron chi connectivity index (χ3n) is 8.70. The Labute approximate surface area is 337 Å². The molecule has 1 unspecified atom stereocenters. The molecule has 0 heterocycles. The maximum atomic E-state index is 5.50. The van der Waals surface area contributed by atoms with Crippen molar-refractivity contribution >= 4 is 12.9 Å². The molecular weight excluding hydrogens is 681 g/mol. The summed E-state index contributed by atoms with van der Waals surface area (Å²) >= 11 is 0. The van der Waals surface area contributed by atoms with Gasteiger partial charge in [-0.05, 0) is 111 Å². The Morgan fingerprint density at radius 1 is 0.571 bits per heavy atom. The van der Waals surface area contributed by atoms with E-state index in [4.69, 9.17) is 11.1 Å². The predicted molar refractivity (Wildman–Crippen MR) is 247 cm³/mol. The van der Waals surface area contributed by atoms with Crippen LogP contribution in [0.2, 0.25) is 0 Å². The summed E-state index contributed by atoms with van der Waals surface area (Å²) in [5, 5.41) is 5.50. The SMILES string of the molecule is C1=CCC(Cc2ccccc2)C=C1.C=N.CN.CN=Cc1cccc(-c2cccc(-c3cccc(C)c3)c2)c1.Cc1ccc(C)cc1.Cc1ccc(CN)cc1. The molecule has 0 radical (unpaired) electrons. The molecule has 1 atom stereocenters. The lowest BCUT2D eigenvalue weighted by Gasteiger charge is -2.12. The molecule has 0 aliphatic heterocycles. The zero-order valence-corrected chi connectivity index (χ0v) is 34.3. The van der Waals surface area contributed by atoms with E-state index in [1.165, 1.54) is 75.5 Å². The molecule has 0 saturated heterocycles. The van der Waals surface area contributed by atoms with Crippen LogP contribution in [0.3, 0.4) is 0 Å². The third kappa shape index (κ3) is 17.9. The highest BCUT2D eigenvalue weighted by Crippen LogP contribution is 2.27. The van der Waals surface area contributed by atoms with E-state index in [0.29, 0.717) is 12.5 Å². The molecule has 0 bridgehead atoms. The number of nitrogens with one attached hydrogen (secondary N) is 1. The van der Waals surface area contributed by atoms with Gasteiger partial charge < -0.3 is 16.9 Å². The lowest BCUT2D eigenvalue weighted by molar-refractivity contribution is 0.653. The molecule has 1 aliphatic carbocycles. The smallest absolute Gasteiger partial charge is 0.0281 e. The van der Waals surface area contributed by atoms with Crippen LogP contribution in [0.5, 0.6) is 0 Å². The maximum Gasteiger partial charge on any atom is 0.0281 e. The van der Waals surface area contributed by atoms with Crippen LogP contribution in [0.1, 0.15) is 45.4 Å². The Balaban J connectivity index is 0.000000271. The zero-order valence-electron chi connectivity index (χ0n) is 34.3. The second kappa shape index (κ2) is 27.6. The Morgan fingerprint density at radius 2 is 1.07 bits per heavy atom. The number of allylic oxidation sites excluding steroid dienone is 4. The molecule has 0 spiro atoms. The predicted octanol–water partition coefficient (Wildman–Crippen LogP) is 12.3. The first-order valence-corrected chi connectivity index (χ1v) is 19.1. The monoisotopic (exact) mass is 742 g/mol. The summed E-state index contributed by atoms with van der Waals surface area (Å²) in [5.74, 6) is 0.701. The fourth-order valence-corrected chi connectivity index (χ4v) is 5.71. The fraction of sp³-hybridized carbons (Fsp3) is 0.192. The summed E-state index contributed by atoms with van der Waals surface area (Å²) < 4.78 is 0. The number of nitrogens with two attached hydrogens (primary N) is 2. The van der Waals surface area contributed by atoms with Gasteiger partial charge in [0.25, 0.3) is 0 Å². The van der Waals surface area contributed by atoms with Gasteiger partial charge in [-0.25, -0.2) is 0 Å². The number of rotatable bonds is 6. The van der Waals surface area contributed by atoms with Crippen LogP contribution in [0, 0.1) is 39.0 Å². The molecule has 0 saturated carbocycles. The Bertz CT molecular complexity index is 2000. The van der Waals surface area contributed by atoms with Crippen LogP contribution in [0.4, 0.5) is 0 Å². The molecule has 4 heteroatoms. The summed E-state index contributed by atoms with van der Waals surface area (Å²) in [7, 11) is 3.30. The first-order valence-electron chi connectivity index (χ1n) is 19.1. The Hall–Kier alpha value is -5.94. The molecule has 290 valence electrons. The van der Waals surface area contributed by atoms with Crippen molar-refractivity contribution in [2.75, 3.05) is 14.1 Å². The van der Waals surface area contributed by atoms with Crippen LogP contribution in [0.25, 0.3) is 22.3 Å². The largest absolute Gasteiger partial charge is 0.333 e. The van der Waals surface area contributed by atoms with Gasteiger partial charge in [0.05, 0.1) is 0 Å². The van der Waals surface area contributed by atoms with Gasteiger partial charge in [0.1, 0.15) is 0 Å². The number of benzene rings is 6. The average molecular weight is 743 g/mol. The van der Waals surface area contributed by atoms with Crippen molar-refractivity contribution in [3.05, 3.63) is 215 Å². The highest BCUT2D eigenvalue weighted by Gasteiger charge is 2.05. The second-order valence-electron chi connectivity index (χ2n) is 13.3. The van der Waals surface area contributed by atoms with E-state index in [2.05, 4.69) is 221 Å². The lowest BCUT2D eigenvalue weighted by atomic mass is 9.93. The van der Waals surface area contributed by atoms with E-state index < -0.39 is 0 Å². The van der Waals surface area contributed by atoms with E-state index in [-0.39, 0.29) is 0 Å². The molecule has 56 heavy (non-hydrogen) atoms. The number of aryl methyl sites for hydroxylation is 4. The van der Waals surface area contributed by atoms with E-state index in [0.717, 1.165) is 5.56 Å². The molecule has 0 aromatic heterocycles. The fourth-order valence-electron chi connectivity index (χ4n) is 5.71. The minimum absolute atomic E-state index is 0.639. The highest BCUT2D eigenvalue weighted by atomic mass is 14.6. The molecule has 6 aromatic rings. The Morgan fingerprint density at radius 3 is 1.57 bits per heavy atom. The van der Waals surface area contributed by atoms with Crippen molar-refractivity contribution < 1.29 is 0 Å². The average Bonchev–Trinajstić information content (AvgIpc) is 3.25. The highest BCUT2D eigenvalue weighted by molar-refractivity contribution is 5.83. The first-order chi connectivity index (χ1) is 27.3. The maximum absolute atomic E-state index is 5.50. The molecule has 1 aliphatic rings. The third-order valence-corrected chi connectivity index (χ3v) is 8.70. The zero-order chi connectivity index (χ0) is 41.0. The normalized spacial score (nSPS) is 12.1. The number of hydrogen-bond donors (Lipinski definition) is 3. The summed E-state index contributed by atoms with van der Waals surface area (Å²) in [6, 6.07) is 53.2. The van der Waals surface area contributed by atoms with Crippen LogP contribution in [0.15, 0.2) is 181 Å². The van der Waals surface area contributed by atoms with E-state index >= 15 is 0 Å². The number of hydrogen-bond acceptors (Lipinski definition) is 4. The van der Waals surface area contributed by atoms with Crippen LogP contribution < -0.4 is 11.5 Å². The number of aliphatic imine (C=N–C) groups is 1. The lowest BCUT2D eigenvalue weighted by Crippen LogP contribution is -2.01. The van der Waals surface area contributed by atoms with Gasteiger partial charge in [-0.15, -0.1) is 0 Å². The van der Waals surface area contributed by atoms with E-state index in [1.54, 1.807) is 7.05 Å². The van der Waals surface area contributed by atoms with Crippen molar-refractivity contribution in [3.63, 3.8) is 0 Å². The molecule has 6 aromatic carbocycles. The van der Waals surface area contributed by atoms with Gasteiger partial charge in [0, 0.05) is 19.8 Å². The molecule has 0 amide bonds. The number of nitrogens with zero attached hydrogens (tertiary/aromatic N) is 1. The quantitative estimate of drug-likeness (QED) is 0.148. The summed E-state index contributed by atoms with van der Waals surface area (Å²) in [6.45, 7) is 11.5. The minimum atomic E-state index is 0.639. The molecule has 0 fully saturated rings. The van der Waals surface area contributed by atoms with Crippen molar-refractivity contribution in [1.29, 1.82) is 5.41 Å². The van der Waals surface area contributed by atoms with Gasteiger partial charge in [-0.2, -0.15) is 0 Å². The molecular formula is C52H62N4. The minimum Gasteiger partial charge on any atom is -0.333 e. The van der Waals surface area contributed by atoms with Crippen LogP contribution in [-0.4, -0.2) is 27.0 Å². The Kier molecular flexibility index (Phi) is 22.8. The van der Waals surface area contributed by atoms with E-state index in [9.17, 15) is 0 Å². The van der Waals surface area contributed by atoms with Gasteiger partial charge in [0.15, 0.2) is 0 Å². The summed E-state index contributed by atoms with van der Waals surface area (Å²) in [5.41, 5.74) is 23.8. The van der Waals surface area contributed by atoms with E-state index in [1.807, 2.05) is 6.21 Å². The first kappa shape index (κ1) is 46.2. The standard InChI is InChI=1S/C21H19N.C13H14.C8H11N.C8H10.CH5N.CH3N/c1-16-6-3-8-18(12-16)20-10-5-11-21(14-20)19-9-4-7-17(13-19)15-22-2;1-3-7-12(8-4-1)11-13-9-5-2-6-10-13;1-7-2-4-8(6-9)5-3-7;1-7-3-5-8(2)6-4-7;2*1-2/h3-15H,1-2H3;1-9,13H,10-11H2;2-5H,6,9H2,1H3;3-6H,1-2H3;2H2,1H3;2H,1H2. The van der Waals surface area contributed by atoms with Crippen molar-refractivity contribution in [1.82, 2.24) is 0 Å². The summed E-state index contributed by atoms with van der Waals surface area (Å²) in [6.07, 6.45) is 13.1. The van der Waals surface area contributed by atoms with Crippen molar-refractivity contribution in [2.24, 2.45) is 22.4 Å². The summed E-state index contributed by atoms with van der Waals surface area (Å²) in [4.78, 5) is 4.09. The molecule has 4 nitrogen and oxygen atoms in total. The van der Waals surface area contributed by atoms with Crippen molar-refractivity contribution in [3.8, 4) is 22.3 Å². The van der Waals surface area contributed by atoms with Crippen molar-refractivity contribution in [2.45, 2.75) is 47.1 Å². The topological polar surface area (TPSA) is 88.2 Å². The van der Waals surface area contributed by atoms with Gasteiger partial charge >= 0.3 is 0 Å². The van der Waals surface area contributed by atoms with Crippen LogP contribution >= 0.6 is 0 Å². The van der Waals surface area contributed by atoms with Gasteiger partial charge in [-0.1, -0.05) is 186 Å². The second-order valence-corrected chi connectivity index (χ2v) is 13.3. The van der Waals surface area contributed by atoms with Gasteiger partial charge in [-0.3, -0.25) is 4.99 Å². The van der Waals surface area contributed by atoms with Crippen LogP contribution in [-0.2, 0) is 13.0 Å².